The summed E-state index contributed by atoms with van der Waals surface area (Å²) in [6.45, 7) is 1.53. The second kappa shape index (κ2) is 5.27. The molecule has 0 bridgehead atoms. The molecule has 0 saturated carbocycles. The topological polar surface area (TPSA) is 45.1 Å². The first-order valence-electron chi connectivity index (χ1n) is 4.80. The summed E-state index contributed by atoms with van der Waals surface area (Å²) in [5.74, 6) is 0. The number of aromatic nitrogens is 1. The average molecular weight is 234 g/mol. The molecule has 0 saturated heterocycles. The molecule has 1 aromatic heterocycles. The zero-order valence-corrected chi connectivity index (χ0v) is 8.75. The zero-order valence-electron chi connectivity index (χ0n) is 8.75. The molecule has 3 nitrogen and oxygen atoms in total. The molecule has 0 aliphatic heterocycles. The molecule has 90 valence electrons. The van der Waals surface area contributed by atoms with Crippen molar-refractivity contribution < 1.29 is 18.3 Å². The fourth-order valence-corrected chi connectivity index (χ4v) is 1.17. The summed E-state index contributed by atoms with van der Waals surface area (Å²) in [6.07, 6.45) is -3.08. The Labute approximate surface area is 91.3 Å². The number of aliphatic hydroxyl groups excluding tert-OH is 1. The number of hydrogen-bond donors (Lipinski definition) is 2. The van der Waals surface area contributed by atoms with Gasteiger partial charge in [-0.25, -0.2) is 0 Å². The van der Waals surface area contributed by atoms with Gasteiger partial charge < -0.3 is 10.4 Å². The van der Waals surface area contributed by atoms with Crippen LogP contribution in [0.2, 0.25) is 0 Å². The van der Waals surface area contributed by atoms with E-state index in [1.54, 1.807) is 6.92 Å². The number of pyridine rings is 1. The van der Waals surface area contributed by atoms with Gasteiger partial charge in [0.1, 0.15) is 0 Å². The van der Waals surface area contributed by atoms with Crippen molar-refractivity contribution >= 4 is 0 Å². The van der Waals surface area contributed by atoms with E-state index in [0.717, 1.165) is 6.07 Å². The van der Waals surface area contributed by atoms with Crippen molar-refractivity contribution in [1.29, 1.82) is 0 Å². The van der Waals surface area contributed by atoms with Crippen LogP contribution in [0.3, 0.4) is 0 Å². The molecular formula is C10H13F3N2O. The van der Waals surface area contributed by atoms with Gasteiger partial charge in [-0.3, -0.25) is 4.98 Å². The second-order valence-electron chi connectivity index (χ2n) is 3.46. The Morgan fingerprint density at radius 2 is 2.19 bits per heavy atom. The lowest BCUT2D eigenvalue weighted by Gasteiger charge is -2.14. The highest BCUT2D eigenvalue weighted by Crippen LogP contribution is 2.30. The van der Waals surface area contributed by atoms with Gasteiger partial charge in [0.2, 0.25) is 0 Å². The Morgan fingerprint density at radius 1 is 1.50 bits per heavy atom. The van der Waals surface area contributed by atoms with E-state index in [1.807, 2.05) is 0 Å². The van der Waals surface area contributed by atoms with Crippen LogP contribution in [0.4, 0.5) is 13.2 Å². The first-order valence-corrected chi connectivity index (χ1v) is 4.80. The lowest BCUT2D eigenvalue weighted by Crippen LogP contribution is -2.30. The molecule has 2 N–H and O–H groups in total. The Bertz CT molecular complexity index is 341. The SMILES string of the molecule is CC(CO)NCc1ncccc1C(F)(F)F. The smallest absolute Gasteiger partial charge is 0.395 e. The molecule has 1 heterocycles. The van der Waals surface area contributed by atoms with Crippen LogP contribution in [0.1, 0.15) is 18.2 Å². The number of alkyl halides is 3. The molecule has 0 spiro atoms. The fourth-order valence-electron chi connectivity index (χ4n) is 1.17. The van der Waals surface area contributed by atoms with Crippen LogP contribution in [-0.4, -0.2) is 22.7 Å². The normalized spacial score (nSPS) is 13.8. The third-order valence-electron chi connectivity index (χ3n) is 2.09. The molecule has 1 rings (SSSR count). The van der Waals surface area contributed by atoms with Crippen LogP contribution < -0.4 is 5.32 Å². The summed E-state index contributed by atoms with van der Waals surface area (Å²) in [7, 11) is 0. The molecule has 1 atom stereocenters. The number of nitrogens with one attached hydrogen (secondary N) is 1. The van der Waals surface area contributed by atoms with E-state index in [-0.39, 0.29) is 24.9 Å². The summed E-state index contributed by atoms with van der Waals surface area (Å²) < 4.78 is 37.6. The minimum absolute atomic E-state index is 0.0165. The van der Waals surface area contributed by atoms with E-state index in [4.69, 9.17) is 5.11 Å². The Balaban J connectivity index is 2.80. The van der Waals surface area contributed by atoms with Crippen molar-refractivity contribution in [2.45, 2.75) is 25.7 Å². The van der Waals surface area contributed by atoms with Gasteiger partial charge in [0.05, 0.1) is 17.9 Å². The minimum Gasteiger partial charge on any atom is -0.395 e. The fraction of sp³-hybridized carbons (Fsp3) is 0.500. The van der Waals surface area contributed by atoms with Crippen LogP contribution in [0.5, 0.6) is 0 Å². The number of hydrogen-bond acceptors (Lipinski definition) is 3. The molecule has 0 fully saturated rings. The van der Waals surface area contributed by atoms with E-state index in [1.165, 1.54) is 12.3 Å². The summed E-state index contributed by atoms with van der Waals surface area (Å²) in [6, 6.07) is 1.98. The van der Waals surface area contributed by atoms with Gasteiger partial charge in [-0.15, -0.1) is 0 Å². The van der Waals surface area contributed by atoms with E-state index < -0.39 is 11.7 Å². The highest BCUT2D eigenvalue weighted by Gasteiger charge is 2.33. The summed E-state index contributed by atoms with van der Waals surface area (Å²) in [5.41, 5.74) is -0.803. The van der Waals surface area contributed by atoms with Crippen molar-refractivity contribution in [3.05, 3.63) is 29.6 Å². The lowest BCUT2D eigenvalue weighted by molar-refractivity contribution is -0.138. The molecule has 6 heteroatoms. The van der Waals surface area contributed by atoms with Gasteiger partial charge in [-0.2, -0.15) is 13.2 Å². The quantitative estimate of drug-likeness (QED) is 0.831. The molecule has 1 aromatic rings. The molecule has 0 amide bonds. The molecule has 0 aromatic carbocycles. The van der Waals surface area contributed by atoms with Crippen molar-refractivity contribution in [2.24, 2.45) is 0 Å². The maximum Gasteiger partial charge on any atom is 0.418 e. The summed E-state index contributed by atoms with van der Waals surface area (Å²) >= 11 is 0. The maximum atomic E-state index is 12.5. The Hall–Kier alpha value is -1.14. The van der Waals surface area contributed by atoms with Crippen LogP contribution in [0, 0.1) is 0 Å². The lowest BCUT2D eigenvalue weighted by atomic mass is 10.2. The van der Waals surface area contributed by atoms with Gasteiger partial charge in [-0.1, -0.05) is 0 Å². The van der Waals surface area contributed by atoms with Gasteiger partial charge in [0, 0.05) is 18.8 Å². The van der Waals surface area contributed by atoms with Gasteiger partial charge in [0.25, 0.3) is 0 Å². The third kappa shape index (κ3) is 3.46. The molecule has 0 radical (unpaired) electrons. The number of aliphatic hydroxyl groups is 1. The molecule has 0 aliphatic rings. The molecule has 16 heavy (non-hydrogen) atoms. The summed E-state index contributed by atoms with van der Waals surface area (Å²) in [4.78, 5) is 3.69. The average Bonchev–Trinajstić information content (AvgIpc) is 2.25. The number of nitrogens with zero attached hydrogens (tertiary/aromatic N) is 1. The minimum atomic E-state index is -4.40. The number of rotatable bonds is 4. The third-order valence-corrected chi connectivity index (χ3v) is 2.09. The predicted octanol–water partition coefficient (Wildman–Crippen LogP) is 1.57. The monoisotopic (exact) mass is 234 g/mol. The van der Waals surface area contributed by atoms with Crippen LogP contribution in [-0.2, 0) is 12.7 Å². The van der Waals surface area contributed by atoms with Gasteiger partial charge >= 0.3 is 6.18 Å². The maximum absolute atomic E-state index is 12.5. The first-order chi connectivity index (χ1) is 7.45. The molecular weight excluding hydrogens is 221 g/mol. The Kier molecular flexibility index (Phi) is 4.26. The molecule has 0 aliphatic carbocycles. The standard InChI is InChI=1S/C10H13F3N2O/c1-7(6-16)15-5-9-8(10(11,12)13)3-2-4-14-9/h2-4,7,15-16H,5-6H2,1H3. The van der Waals surface area contributed by atoms with Gasteiger partial charge in [-0.05, 0) is 19.1 Å². The van der Waals surface area contributed by atoms with Gasteiger partial charge in [0.15, 0.2) is 0 Å². The van der Waals surface area contributed by atoms with Crippen molar-refractivity contribution in [1.82, 2.24) is 10.3 Å². The van der Waals surface area contributed by atoms with Crippen LogP contribution in [0.25, 0.3) is 0 Å². The summed E-state index contributed by atoms with van der Waals surface area (Å²) in [5, 5.41) is 11.5. The molecule has 1 unspecified atom stereocenters. The van der Waals surface area contributed by atoms with Crippen LogP contribution >= 0.6 is 0 Å². The number of halogens is 3. The first kappa shape index (κ1) is 12.9. The van der Waals surface area contributed by atoms with E-state index in [2.05, 4.69) is 10.3 Å². The van der Waals surface area contributed by atoms with E-state index >= 15 is 0 Å². The zero-order chi connectivity index (χ0) is 12.2. The van der Waals surface area contributed by atoms with Crippen molar-refractivity contribution in [2.75, 3.05) is 6.61 Å². The largest absolute Gasteiger partial charge is 0.418 e. The highest BCUT2D eigenvalue weighted by molar-refractivity contribution is 5.22. The second-order valence-corrected chi connectivity index (χ2v) is 3.46. The van der Waals surface area contributed by atoms with E-state index in [0.29, 0.717) is 0 Å². The Morgan fingerprint density at radius 3 is 2.75 bits per heavy atom. The van der Waals surface area contributed by atoms with Crippen molar-refractivity contribution in [3.8, 4) is 0 Å². The highest BCUT2D eigenvalue weighted by atomic mass is 19.4. The van der Waals surface area contributed by atoms with Crippen LogP contribution in [0.15, 0.2) is 18.3 Å². The van der Waals surface area contributed by atoms with E-state index in [9.17, 15) is 13.2 Å². The predicted molar refractivity (Wildman–Crippen MR) is 52.6 cm³/mol. The van der Waals surface area contributed by atoms with Crippen molar-refractivity contribution in [3.63, 3.8) is 0 Å².